The first-order chi connectivity index (χ1) is 36.4. The van der Waals surface area contributed by atoms with Gasteiger partial charge in [0, 0.05) is 39.6 Å². The monoisotopic (exact) mass is 1030 g/mol. The van der Waals surface area contributed by atoms with E-state index in [0.29, 0.717) is 5.89 Å². The molecule has 0 N–H and O–H groups in total. The number of rotatable bonds is 5. The first kappa shape index (κ1) is 52.9. The number of fused-ring (bicyclic) bond motifs is 5. The van der Waals surface area contributed by atoms with Crippen molar-refractivity contribution in [1.82, 2.24) is 4.98 Å². The van der Waals surface area contributed by atoms with Crippen LogP contribution in [0.3, 0.4) is 0 Å². The number of aromatic nitrogens is 1. The van der Waals surface area contributed by atoms with Crippen LogP contribution in [0.25, 0.3) is 44.8 Å². The largest absolute Gasteiger partial charge is 0.436 e. The molecule has 0 unspecified atom stereocenters. The third kappa shape index (κ3) is 9.49. The standard InChI is InChI=1S/C73H80BN3O/c1-68(2,3)49-27-23-46(24-28-49)45-19-21-48(22-20-45)67-75-59-44-62-58(43-65(59)78-67)74-57-40-53(72(13,14)15)34-38-61(57)76(55-35-31-51(32-36-55)70(7,8)9)63-41-54(73(16,17)18)42-64(66(63)74)77(62)60-37-33-52(71(10,11)12)39-56(60)47-25-29-50(30-26-47)69(4,5)6/h19-44H,1-18H3. The highest BCUT2D eigenvalue weighted by atomic mass is 16.3. The summed E-state index contributed by atoms with van der Waals surface area (Å²) in [4.78, 5) is 10.5. The molecule has 0 bridgehead atoms. The van der Waals surface area contributed by atoms with Crippen LogP contribution in [0.4, 0.5) is 34.1 Å². The summed E-state index contributed by atoms with van der Waals surface area (Å²) in [6.07, 6.45) is 0. The van der Waals surface area contributed by atoms with Gasteiger partial charge in [0.05, 0.1) is 5.69 Å². The van der Waals surface area contributed by atoms with Crippen molar-refractivity contribution in [2.75, 3.05) is 9.80 Å². The number of hydrogen-bond acceptors (Lipinski definition) is 4. The summed E-state index contributed by atoms with van der Waals surface area (Å²) in [5.41, 5.74) is 25.6. The second kappa shape index (κ2) is 18.2. The zero-order chi connectivity index (χ0) is 55.8. The van der Waals surface area contributed by atoms with Gasteiger partial charge in [-0.25, -0.2) is 4.98 Å². The fourth-order valence-electron chi connectivity index (χ4n) is 11.6. The summed E-state index contributed by atoms with van der Waals surface area (Å²) in [6.45, 7) is 41.4. The molecule has 0 saturated carbocycles. The molecule has 4 nitrogen and oxygen atoms in total. The molecule has 0 atom stereocenters. The zero-order valence-corrected chi connectivity index (χ0v) is 49.8. The Morgan fingerprint density at radius 2 is 0.744 bits per heavy atom. The summed E-state index contributed by atoms with van der Waals surface area (Å²) < 4.78 is 6.99. The number of anilines is 6. The van der Waals surface area contributed by atoms with Crippen molar-refractivity contribution in [3.63, 3.8) is 0 Å². The van der Waals surface area contributed by atoms with Crippen molar-refractivity contribution < 1.29 is 4.42 Å². The third-order valence-electron chi connectivity index (χ3n) is 16.7. The van der Waals surface area contributed by atoms with Crippen LogP contribution < -0.4 is 26.2 Å². The van der Waals surface area contributed by atoms with Gasteiger partial charge in [0.1, 0.15) is 5.52 Å². The van der Waals surface area contributed by atoms with Gasteiger partial charge in [0.2, 0.25) is 5.89 Å². The normalized spacial score (nSPS) is 13.9. The van der Waals surface area contributed by atoms with Gasteiger partial charge in [0.15, 0.2) is 5.58 Å². The maximum absolute atomic E-state index is 6.99. The minimum absolute atomic E-state index is 0.0160. The van der Waals surface area contributed by atoms with Gasteiger partial charge in [-0.2, -0.15) is 0 Å². The SMILES string of the molecule is CC(C)(C)c1ccc(-c2ccc(-c3nc4cc5c(cc4o3)B3c4cc(C(C)(C)C)ccc4N(c4ccc(C(C)(C)C)cc4)c4cc(C(C)(C)C)cc(c43)N5c3ccc(C(C)(C)C)cc3-c3ccc(C(C)(C)C)cc3)cc2)cc1. The Bertz CT molecular complexity index is 3760. The molecule has 0 saturated heterocycles. The van der Waals surface area contributed by atoms with E-state index < -0.39 is 0 Å². The summed E-state index contributed by atoms with van der Waals surface area (Å²) in [5.74, 6) is 0.611. The lowest BCUT2D eigenvalue weighted by Gasteiger charge is -2.45. The highest BCUT2D eigenvalue weighted by molar-refractivity contribution is 7.00. The Labute approximate surface area is 467 Å². The van der Waals surface area contributed by atoms with E-state index in [2.05, 4.69) is 292 Å². The lowest BCUT2D eigenvalue weighted by atomic mass is 9.33. The van der Waals surface area contributed by atoms with E-state index >= 15 is 0 Å². The molecule has 0 spiro atoms. The lowest BCUT2D eigenvalue weighted by molar-refractivity contribution is 0.589. The molecule has 0 aliphatic carbocycles. The van der Waals surface area contributed by atoms with Crippen LogP contribution in [0.2, 0.25) is 0 Å². The van der Waals surface area contributed by atoms with E-state index in [1.165, 1.54) is 83.5 Å². The molecule has 11 rings (SSSR count). The highest BCUT2D eigenvalue weighted by Crippen LogP contribution is 2.50. The van der Waals surface area contributed by atoms with Crippen molar-refractivity contribution in [3.8, 4) is 33.7 Å². The van der Waals surface area contributed by atoms with Crippen LogP contribution in [0.1, 0.15) is 158 Å². The van der Waals surface area contributed by atoms with E-state index in [4.69, 9.17) is 9.40 Å². The van der Waals surface area contributed by atoms with Crippen molar-refractivity contribution in [2.24, 2.45) is 0 Å². The molecule has 78 heavy (non-hydrogen) atoms. The van der Waals surface area contributed by atoms with Crippen LogP contribution in [-0.2, 0) is 32.5 Å². The van der Waals surface area contributed by atoms with Crippen molar-refractivity contribution >= 4 is 68.3 Å². The van der Waals surface area contributed by atoms with Gasteiger partial charge in [-0.3, -0.25) is 0 Å². The van der Waals surface area contributed by atoms with Gasteiger partial charge in [-0.1, -0.05) is 216 Å². The number of hydrogen-bond donors (Lipinski definition) is 0. The average molecular weight is 1030 g/mol. The van der Waals surface area contributed by atoms with Gasteiger partial charge in [-0.05, 0) is 166 Å². The average Bonchev–Trinajstić information content (AvgIpc) is 3.96. The Balaban J connectivity index is 1.20. The van der Waals surface area contributed by atoms with Crippen molar-refractivity contribution in [1.29, 1.82) is 0 Å². The molecule has 2 aliphatic heterocycles. The molecule has 0 amide bonds. The molecule has 5 heteroatoms. The quantitative estimate of drug-likeness (QED) is 0.161. The second-order valence-corrected chi connectivity index (χ2v) is 28.7. The Morgan fingerprint density at radius 3 is 1.26 bits per heavy atom. The lowest BCUT2D eigenvalue weighted by Crippen LogP contribution is -2.61. The van der Waals surface area contributed by atoms with Gasteiger partial charge in [0.25, 0.3) is 6.71 Å². The molecule has 8 aromatic carbocycles. The smallest absolute Gasteiger partial charge is 0.252 e. The molecule has 0 radical (unpaired) electrons. The Kier molecular flexibility index (Phi) is 12.4. The van der Waals surface area contributed by atoms with Gasteiger partial charge in [-0.15, -0.1) is 0 Å². The molecular weight excluding hydrogens is 946 g/mol. The number of oxazole rings is 1. The van der Waals surface area contributed by atoms with Gasteiger partial charge >= 0.3 is 0 Å². The molecule has 2 aliphatic rings. The van der Waals surface area contributed by atoms with E-state index in [9.17, 15) is 0 Å². The van der Waals surface area contributed by atoms with E-state index in [1.807, 2.05) is 0 Å². The molecule has 3 heterocycles. The van der Waals surface area contributed by atoms with Crippen LogP contribution in [-0.4, -0.2) is 11.7 Å². The molecular formula is C73H80BN3O. The summed E-state index contributed by atoms with van der Waals surface area (Å²) in [6, 6.07) is 60.5. The summed E-state index contributed by atoms with van der Waals surface area (Å²) in [5, 5.41) is 0. The number of benzene rings is 8. The van der Waals surface area contributed by atoms with Crippen LogP contribution in [0.5, 0.6) is 0 Å². The van der Waals surface area contributed by atoms with E-state index in [0.717, 1.165) is 39.3 Å². The summed E-state index contributed by atoms with van der Waals surface area (Å²) >= 11 is 0. The first-order valence-electron chi connectivity index (χ1n) is 28.4. The van der Waals surface area contributed by atoms with E-state index in [1.54, 1.807) is 0 Å². The number of nitrogens with zero attached hydrogens (tertiary/aromatic N) is 3. The highest BCUT2D eigenvalue weighted by Gasteiger charge is 2.45. The molecule has 9 aromatic rings. The minimum atomic E-state index is -0.177. The maximum Gasteiger partial charge on any atom is 0.252 e. The predicted octanol–water partition coefficient (Wildman–Crippen LogP) is 18.7. The maximum atomic E-state index is 6.99. The molecule has 396 valence electrons. The summed E-state index contributed by atoms with van der Waals surface area (Å²) in [7, 11) is 0. The predicted molar refractivity (Wildman–Crippen MR) is 337 cm³/mol. The molecule has 0 fully saturated rings. The topological polar surface area (TPSA) is 32.5 Å². The Hall–Kier alpha value is -7.11. The minimum Gasteiger partial charge on any atom is -0.436 e. The molecule has 1 aromatic heterocycles. The van der Waals surface area contributed by atoms with Crippen LogP contribution in [0, 0.1) is 0 Å². The first-order valence-corrected chi connectivity index (χ1v) is 28.4. The Morgan fingerprint density at radius 1 is 0.333 bits per heavy atom. The zero-order valence-electron chi connectivity index (χ0n) is 49.8. The van der Waals surface area contributed by atoms with Crippen molar-refractivity contribution in [2.45, 2.75) is 157 Å². The van der Waals surface area contributed by atoms with Crippen LogP contribution >= 0.6 is 0 Å². The van der Waals surface area contributed by atoms with Gasteiger partial charge < -0.3 is 14.2 Å². The second-order valence-electron chi connectivity index (χ2n) is 28.7. The fraction of sp³-hybridized carbons (Fsp3) is 0.329. The van der Waals surface area contributed by atoms with Crippen LogP contribution in [0.15, 0.2) is 162 Å². The van der Waals surface area contributed by atoms with Crippen molar-refractivity contribution in [3.05, 3.63) is 191 Å². The van der Waals surface area contributed by atoms with E-state index in [-0.39, 0.29) is 39.2 Å². The fourth-order valence-corrected chi connectivity index (χ4v) is 11.6. The third-order valence-corrected chi connectivity index (χ3v) is 16.7.